The molecule has 7 unspecified atom stereocenters. The van der Waals surface area contributed by atoms with E-state index in [4.69, 9.17) is 9.47 Å². The number of aliphatic hydroxyl groups is 5. The molecular formula is C55H103NO8. The molecule has 0 spiro atoms. The summed E-state index contributed by atoms with van der Waals surface area (Å²) in [4.78, 5) is 13.0. The van der Waals surface area contributed by atoms with E-state index in [0.717, 1.165) is 51.4 Å². The third kappa shape index (κ3) is 34.7. The highest BCUT2D eigenvalue weighted by Gasteiger charge is 2.44. The molecule has 64 heavy (non-hydrogen) atoms. The summed E-state index contributed by atoms with van der Waals surface area (Å²) >= 11 is 0. The number of hydrogen-bond donors (Lipinski definition) is 6. The molecule has 1 aliphatic rings. The minimum atomic E-state index is -1.55. The number of ether oxygens (including phenoxy) is 2. The van der Waals surface area contributed by atoms with Crippen LogP contribution >= 0.6 is 0 Å². The van der Waals surface area contributed by atoms with Crippen LogP contribution in [0.4, 0.5) is 0 Å². The fourth-order valence-corrected chi connectivity index (χ4v) is 8.64. The molecule has 1 rings (SSSR count). The zero-order chi connectivity index (χ0) is 46.6. The Kier molecular flexibility index (Phi) is 42.7. The van der Waals surface area contributed by atoms with E-state index in [1.165, 1.54) is 173 Å². The minimum Gasteiger partial charge on any atom is -0.394 e. The molecule has 0 radical (unpaired) electrons. The second kappa shape index (κ2) is 45.2. The van der Waals surface area contributed by atoms with Gasteiger partial charge in [-0.05, 0) is 51.4 Å². The second-order valence-corrected chi connectivity index (χ2v) is 19.0. The van der Waals surface area contributed by atoms with Gasteiger partial charge in [-0.1, -0.05) is 230 Å². The molecule has 0 aliphatic carbocycles. The molecule has 9 nitrogen and oxygen atoms in total. The predicted octanol–water partition coefficient (Wildman–Crippen LogP) is 12.8. The average Bonchev–Trinajstić information content (AvgIpc) is 3.29. The van der Waals surface area contributed by atoms with Crippen molar-refractivity contribution in [2.75, 3.05) is 13.2 Å². The smallest absolute Gasteiger partial charge is 0.220 e. The van der Waals surface area contributed by atoms with Crippen molar-refractivity contribution >= 4 is 5.91 Å². The second-order valence-electron chi connectivity index (χ2n) is 19.0. The van der Waals surface area contributed by atoms with Gasteiger partial charge in [0.15, 0.2) is 6.29 Å². The maximum Gasteiger partial charge on any atom is 0.220 e. The van der Waals surface area contributed by atoms with Crippen molar-refractivity contribution in [3.05, 3.63) is 36.5 Å². The van der Waals surface area contributed by atoms with Crippen LogP contribution in [-0.4, -0.2) is 87.5 Å². The monoisotopic (exact) mass is 906 g/mol. The normalized spacial score (nSPS) is 20.3. The Morgan fingerprint density at radius 2 is 0.922 bits per heavy atom. The van der Waals surface area contributed by atoms with Gasteiger partial charge in [-0.25, -0.2) is 0 Å². The number of aliphatic hydroxyl groups excluding tert-OH is 5. The zero-order valence-electron chi connectivity index (χ0n) is 41.5. The van der Waals surface area contributed by atoms with Gasteiger partial charge < -0.3 is 40.3 Å². The molecule has 1 saturated heterocycles. The van der Waals surface area contributed by atoms with Crippen LogP contribution in [0.2, 0.25) is 0 Å². The number of amides is 1. The van der Waals surface area contributed by atoms with Crippen molar-refractivity contribution in [1.82, 2.24) is 5.32 Å². The molecular weight excluding hydrogens is 803 g/mol. The first-order valence-electron chi connectivity index (χ1n) is 27.2. The molecule has 0 saturated carbocycles. The van der Waals surface area contributed by atoms with Crippen molar-refractivity contribution in [1.29, 1.82) is 0 Å². The highest BCUT2D eigenvalue weighted by Crippen LogP contribution is 2.23. The highest BCUT2D eigenvalue weighted by atomic mass is 16.7. The van der Waals surface area contributed by atoms with Crippen LogP contribution in [0.15, 0.2) is 36.5 Å². The van der Waals surface area contributed by atoms with E-state index in [1.807, 2.05) is 0 Å². The van der Waals surface area contributed by atoms with Crippen molar-refractivity contribution in [2.45, 2.75) is 294 Å². The Balaban J connectivity index is 2.20. The molecule has 1 fully saturated rings. The lowest BCUT2D eigenvalue weighted by atomic mass is 9.99. The number of carbonyl (C=O) groups excluding carboxylic acids is 1. The Morgan fingerprint density at radius 3 is 1.36 bits per heavy atom. The van der Waals surface area contributed by atoms with E-state index in [2.05, 4.69) is 55.6 Å². The van der Waals surface area contributed by atoms with Gasteiger partial charge in [0.05, 0.1) is 25.4 Å². The molecule has 6 N–H and O–H groups in total. The Morgan fingerprint density at radius 1 is 0.531 bits per heavy atom. The lowest BCUT2D eigenvalue weighted by molar-refractivity contribution is -0.302. The molecule has 0 bridgehead atoms. The zero-order valence-corrected chi connectivity index (χ0v) is 41.5. The molecule has 0 aromatic rings. The van der Waals surface area contributed by atoms with Gasteiger partial charge >= 0.3 is 0 Å². The van der Waals surface area contributed by atoms with Crippen LogP contribution in [0.25, 0.3) is 0 Å². The highest BCUT2D eigenvalue weighted by molar-refractivity contribution is 5.76. The van der Waals surface area contributed by atoms with E-state index in [9.17, 15) is 30.3 Å². The molecule has 0 aromatic heterocycles. The van der Waals surface area contributed by atoms with E-state index in [-0.39, 0.29) is 12.5 Å². The van der Waals surface area contributed by atoms with Gasteiger partial charge in [-0.3, -0.25) is 4.79 Å². The minimum absolute atomic E-state index is 0.137. The first kappa shape index (κ1) is 60.4. The fourth-order valence-electron chi connectivity index (χ4n) is 8.64. The van der Waals surface area contributed by atoms with E-state index < -0.39 is 49.5 Å². The Bertz CT molecular complexity index is 1100. The number of unbranched alkanes of at least 4 members (excludes halogenated alkanes) is 30. The molecule has 1 heterocycles. The van der Waals surface area contributed by atoms with Gasteiger partial charge in [0.2, 0.25) is 5.91 Å². The SMILES string of the molecule is CCCCCCC/C=C\C/C=C\C/C=C\CCCCCCCCCCCCCCC(=O)NC(COC1OC(CO)C(O)C(O)C1O)C(O)CCCCCCCCCCCCCCCC. The van der Waals surface area contributed by atoms with Crippen molar-refractivity contribution < 1.29 is 39.8 Å². The van der Waals surface area contributed by atoms with Crippen LogP contribution in [0.3, 0.4) is 0 Å². The third-order valence-electron chi connectivity index (χ3n) is 13.0. The number of carbonyl (C=O) groups is 1. The average molecular weight is 906 g/mol. The summed E-state index contributed by atoms with van der Waals surface area (Å²) < 4.78 is 11.3. The lowest BCUT2D eigenvalue weighted by Gasteiger charge is -2.40. The van der Waals surface area contributed by atoms with E-state index in [0.29, 0.717) is 12.8 Å². The molecule has 7 atom stereocenters. The molecule has 9 heteroatoms. The fraction of sp³-hybridized carbons (Fsp3) is 0.873. The standard InChI is InChI=1S/C55H103NO8/c1-3-5-7-9-11-13-15-17-19-20-21-22-23-24-25-26-27-28-29-30-31-33-35-37-39-41-43-45-51(59)56-48(47-63-55-54(62)53(61)52(60)50(46-57)64-55)49(58)44-42-40-38-36-34-32-18-16-14-12-10-8-6-4-2/h15,17,20-21,23-24,48-50,52-55,57-58,60-62H,3-14,16,18-19,22,25-47H2,1-2H3,(H,56,59)/b17-15-,21-20-,24-23-. The van der Waals surface area contributed by atoms with Crippen LogP contribution in [0.5, 0.6) is 0 Å². The van der Waals surface area contributed by atoms with Gasteiger partial charge in [-0.2, -0.15) is 0 Å². The summed E-state index contributed by atoms with van der Waals surface area (Å²) in [5, 5.41) is 54.5. The van der Waals surface area contributed by atoms with Crippen LogP contribution < -0.4 is 5.32 Å². The largest absolute Gasteiger partial charge is 0.394 e. The number of allylic oxidation sites excluding steroid dienone is 6. The van der Waals surface area contributed by atoms with Crippen molar-refractivity contribution in [3.63, 3.8) is 0 Å². The summed E-state index contributed by atoms with van der Waals surface area (Å²) in [5.74, 6) is -0.145. The van der Waals surface area contributed by atoms with Gasteiger partial charge in [-0.15, -0.1) is 0 Å². The number of nitrogens with one attached hydrogen (secondary N) is 1. The van der Waals surface area contributed by atoms with Gasteiger partial charge in [0, 0.05) is 6.42 Å². The summed E-state index contributed by atoms with van der Waals surface area (Å²) in [5.41, 5.74) is 0. The van der Waals surface area contributed by atoms with E-state index in [1.54, 1.807) is 0 Å². The van der Waals surface area contributed by atoms with Crippen LogP contribution in [-0.2, 0) is 14.3 Å². The third-order valence-corrected chi connectivity index (χ3v) is 13.0. The topological polar surface area (TPSA) is 149 Å². The van der Waals surface area contributed by atoms with Crippen LogP contribution in [0, 0.1) is 0 Å². The molecule has 1 aliphatic heterocycles. The summed E-state index contributed by atoms with van der Waals surface area (Å²) in [7, 11) is 0. The predicted molar refractivity (Wildman–Crippen MR) is 267 cm³/mol. The number of hydrogen-bond acceptors (Lipinski definition) is 8. The number of rotatable bonds is 46. The summed E-state index contributed by atoms with van der Waals surface area (Å²) in [6.07, 6.45) is 50.2. The molecule has 376 valence electrons. The van der Waals surface area contributed by atoms with Crippen molar-refractivity contribution in [3.8, 4) is 0 Å². The van der Waals surface area contributed by atoms with Gasteiger partial charge in [0.25, 0.3) is 0 Å². The first-order valence-corrected chi connectivity index (χ1v) is 27.2. The maximum absolute atomic E-state index is 13.0. The lowest BCUT2D eigenvalue weighted by Crippen LogP contribution is -2.60. The van der Waals surface area contributed by atoms with Crippen LogP contribution in [0.1, 0.15) is 251 Å². The summed E-state index contributed by atoms with van der Waals surface area (Å²) in [6, 6.07) is -0.719. The van der Waals surface area contributed by atoms with Gasteiger partial charge in [0.1, 0.15) is 24.4 Å². The summed E-state index contributed by atoms with van der Waals surface area (Å²) in [6.45, 7) is 3.83. The quantitative estimate of drug-likeness (QED) is 0.0261. The molecule has 0 aromatic carbocycles. The Labute approximate surface area is 393 Å². The van der Waals surface area contributed by atoms with Crippen molar-refractivity contribution in [2.24, 2.45) is 0 Å². The molecule has 1 amide bonds. The van der Waals surface area contributed by atoms with E-state index >= 15 is 0 Å². The first-order chi connectivity index (χ1) is 31.3. The Hall–Kier alpha value is -1.59. The maximum atomic E-state index is 13.0.